The first-order valence-electron chi connectivity index (χ1n) is 7.23. The Kier molecular flexibility index (Phi) is 5.31. The van der Waals surface area contributed by atoms with Crippen molar-refractivity contribution in [3.05, 3.63) is 47.5 Å². The molecule has 0 spiro atoms. The highest BCUT2D eigenvalue weighted by Gasteiger charge is 2.05. The van der Waals surface area contributed by atoms with Gasteiger partial charge in [-0.25, -0.2) is 0 Å². The van der Waals surface area contributed by atoms with Crippen molar-refractivity contribution in [2.45, 2.75) is 13.8 Å². The monoisotopic (exact) mass is 300 g/mol. The summed E-state index contributed by atoms with van der Waals surface area (Å²) < 4.78 is 11.1. The lowest BCUT2D eigenvalue weighted by Crippen LogP contribution is -1.98. The third-order valence-electron chi connectivity index (χ3n) is 3.04. The Hall–Kier alpha value is -2.62. The first-order chi connectivity index (χ1) is 10.6. The van der Waals surface area contributed by atoms with Crippen LogP contribution in [-0.4, -0.2) is 23.4 Å². The van der Waals surface area contributed by atoms with Crippen molar-refractivity contribution >= 4 is 12.2 Å². The minimum Gasteiger partial charge on any atom is -0.504 e. The highest BCUT2D eigenvalue weighted by molar-refractivity contribution is 5.72. The van der Waals surface area contributed by atoms with Crippen LogP contribution >= 0.6 is 0 Å². The first kappa shape index (κ1) is 15.8. The summed E-state index contributed by atoms with van der Waals surface area (Å²) >= 11 is 0. The molecule has 0 aliphatic carbocycles. The van der Waals surface area contributed by atoms with Gasteiger partial charge in [-0.3, -0.25) is 0 Å². The van der Waals surface area contributed by atoms with E-state index in [1.165, 1.54) is 12.1 Å². The lowest BCUT2D eigenvalue weighted by Gasteiger charge is -2.11. The van der Waals surface area contributed by atoms with Crippen LogP contribution in [0.2, 0.25) is 0 Å². The summed E-state index contributed by atoms with van der Waals surface area (Å²) in [7, 11) is 0. The zero-order valence-electron chi connectivity index (χ0n) is 12.7. The van der Waals surface area contributed by atoms with E-state index in [0.29, 0.717) is 19.0 Å². The second-order valence-corrected chi connectivity index (χ2v) is 4.65. The second-order valence-electron chi connectivity index (χ2n) is 4.65. The molecule has 0 atom stereocenters. The van der Waals surface area contributed by atoms with Crippen molar-refractivity contribution in [2.24, 2.45) is 0 Å². The van der Waals surface area contributed by atoms with Crippen molar-refractivity contribution in [1.82, 2.24) is 0 Å². The predicted molar refractivity (Wildman–Crippen MR) is 87.5 cm³/mol. The molecule has 2 rings (SSSR count). The topological polar surface area (TPSA) is 58.9 Å². The number of hydrogen-bond acceptors (Lipinski definition) is 4. The van der Waals surface area contributed by atoms with Crippen molar-refractivity contribution in [2.75, 3.05) is 13.2 Å². The zero-order valence-corrected chi connectivity index (χ0v) is 12.7. The summed E-state index contributed by atoms with van der Waals surface area (Å²) in [5.74, 6) is 1.17. The summed E-state index contributed by atoms with van der Waals surface area (Å²) in [6, 6.07) is 10.4. The summed E-state index contributed by atoms with van der Waals surface area (Å²) in [6.07, 6.45) is 3.76. The number of benzene rings is 2. The average molecular weight is 300 g/mol. The molecule has 22 heavy (non-hydrogen) atoms. The molecule has 0 unspecified atom stereocenters. The van der Waals surface area contributed by atoms with Crippen LogP contribution in [0.25, 0.3) is 12.2 Å². The maximum absolute atomic E-state index is 9.49. The molecule has 4 nitrogen and oxygen atoms in total. The van der Waals surface area contributed by atoms with Crippen LogP contribution in [0, 0.1) is 0 Å². The number of phenolic OH excluding ortho intramolecular Hbond substituents is 2. The Morgan fingerprint density at radius 2 is 1.36 bits per heavy atom. The van der Waals surface area contributed by atoms with Gasteiger partial charge in [0.25, 0.3) is 0 Å². The maximum atomic E-state index is 9.49. The van der Waals surface area contributed by atoms with E-state index in [4.69, 9.17) is 9.47 Å². The number of aromatic hydroxyl groups is 2. The highest BCUT2D eigenvalue weighted by Crippen LogP contribution is 2.30. The second kappa shape index (κ2) is 7.41. The van der Waals surface area contributed by atoms with Gasteiger partial charge in [0.05, 0.1) is 13.2 Å². The third-order valence-corrected chi connectivity index (χ3v) is 3.04. The van der Waals surface area contributed by atoms with E-state index in [0.717, 1.165) is 16.9 Å². The molecule has 0 aliphatic rings. The molecular formula is C18H20O4. The van der Waals surface area contributed by atoms with Gasteiger partial charge in [0.15, 0.2) is 23.0 Å². The Morgan fingerprint density at radius 1 is 0.773 bits per heavy atom. The average Bonchev–Trinajstić information content (AvgIpc) is 2.51. The van der Waals surface area contributed by atoms with Gasteiger partial charge in [-0.15, -0.1) is 0 Å². The number of ether oxygens (including phenoxy) is 2. The standard InChI is InChI=1S/C18H20O4/c1-3-21-17-10-8-14(12-18(17)22-4-2)6-5-13-7-9-15(19)16(20)11-13/h5-12,19-20H,3-4H2,1-2H3. The van der Waals surface area contributed by atoms with Gasteiger partial charge in [0.1, 0.15) is 0 Å². The van der Waals surface area contributed by atoms with Crippen LogP contribution in [0.5, 0.6) is 23.0 Å². The third kappa shape index (κ3) is 3.95. The highest BCUT2D eigenvalue weighted by atomic mass is 16.5. The smallest absolute Gasteiger partial charge is 0.161 e. The van der Waals surface area contributed by atoms with Gasteiger partial charge < -0.3 is 19.7 Å². The van der Waals surface area contributed by atoms with E-state index in [2.05, 4.69) is 0 Å². The fourth-order valence-corrected chi connectivity index (χ4v) is 2.01. The van der Waals surface area contributed by atoms with Crippen LogP contribution in [0.4, 0.5) is 0 Å². The minimum absolute atomic E-state index is 0.128. The van der Waals surface area contributed by atoms with E-state index in [1.54, 1.807) is 6.07 Å². The quantitative estimate of drug-likeness (QED) is 0.624. The fourth-order valence-electron chi connectivity index (χ4n) is 2.01. The maximum Gasteiger partial charge on any atom is 0.161 e. The van der Waals surface area contributed by atoms with Gasteiger partial charge in [-0.05, 0) is 49.2 Å². The van der Waals surface area contributed by atoms with Crippen molar-refractivity contribution in [3.8, 4) is 23.0 Å². The molecule has 0 bridgehead atoms. The predicted octanol–water partition coefficient (Wildman–Crippen LogP) is 4.07. The normalized spacial score (nSPS) is 10.8. The summed E-state index contributed by atoms with van der Waals surface area (Å²) in [6.45, 7) is 5.01. The van der Waals surface area contributed by atoms with Gasteiger partial charge in [0, 0.05) is 0 Å². The molecular weight excluding hydrogens is 280 g/mol. The number of phenols is 2. The molecule has 2 N–H and O–H groups in total. The van der Waals surface area contributed by atoms with E-state index < -0.39 is 0 Å². The molecule has 4 heteroatoms. The largest absolute Gasteiger partial charge is 0.504 e. The molecule has 2 aromatic rings. The summed E-state index contributed by atoms with van der Waals surface area (Å²) in [5, 5.41) is 18.8. The van der Waals surface area contributed by atoms with Gasteiger partial charge in [0.2, 0.25) is 0 Å². The summed E-state index contributed by atoms with van der Waals surface area (Å²) in [4.78, 5) is 0. The van der Waals surface area contributed by atoms with E-state index in [-0.39, 0.29) is 11.5 Å². The fraction of sp³-hybridized carbons (Fsp3) is 0.222. The van der Waals surface area contributed by atoms with Gasteiger partial charge in [-0.1, -0.05) is 24.3 Å². The Bertz CT molecular complexity index is 662. The Labute approximate surface area is 130 Å². The molecule has 0 heterocycles. The van der Waals surface area contributed by atoms with Crippen molar-refractivity contribution < 1.29 is 19.7 Å². The lowest BCUT2D eigenvalue weighted by atomic mass is 10.1. The lowest BCUT2D eigenvalue weighted by molar-refractivity contribution is 0.287. The van der Waals surface area contributed by atoms with Crippen LogP contribution < -0.4 is 9.47 Å². The molecule has 0 fully saturated rings. The molecule has 0 radical (unpaired) electrons. The molecule has 0 aromatic heterocycles. The molecule has 0 saturated carbocycles. The SMILES string of the molecule is CCOc1ccc(C=Cc2ccc(O)c(O)c2)cc1OCC. The van der Waals surface area contributed by atoms with Crippen LogP contribution in [0.3, 0.4) is 0 Å². The Morgan fingerprint density at radius 3 is 2.00 bits per heavy atom. The van der Waals surface area contributed by atoms with Gasteiger partial charge >= 0.3 is 0 Å². The Balaban J connectivity index is 2.22. The van der Waals surface area contributed by atoms with Crippen molar-refractivity contribution in [1.29, 1.82) is 0 Å². The minimum atomic E-state index is -0.135. The van der Waals surface area contributed by atoms with E-state index in [9.17, 15) is 10.2 Å². The van der Waals surface area contributed by atoms with Crippen LogP contribution in [-0.2, 0) is 0 Å². The van der Waals surface area contributed by atoms with E-state index >= 15 is 0 Å². The molecule has 0 aliphatic heterocycles. The number of rotatable bonds is 6. The van der Waals surface area contributed by atoms with Gasteiger partial charge in [-0.2, -0.15) is 0 Å². The molecule has 0 amide bonds. The number of hydrogen-bond donors (Lipinski definition) is 2. The molecule has 2 aromatic carbocycles. The zero-order chi connectivity index (χ0) is 15.9. The van der Waals surface area contributed by atoms with Crippen LogP contribution in [0.1, 0.15) is 25.0 Å². The van der Waals surface area contributed by atoms with Crippen LogP contribution in [0.15, 0.2) is 36.4 Å². The van der Waals surface area contributed by atoms with Crippen molar-refractivity contribution in [3.63, 3.8) is 0 Å². The first-order valence-corrected chi connectivity index (χ1v) is 7.23. The summed E-state index contributed by atoms with van der Waals surface area (Å²) in [5.41, 5.74) is 1.75. The molecule has 116 valence electrons. The van der Waals surface area contributed by atoms with E-state index in [1.807, 2.05) is 44.2 Å². The molecule has 0 saturated heterocycles.